The molecule has 2 amide bonds. The molecule has 5 heteroatoms. The van der Waals surface area contributed by atoms with Crippen molar-refractivity contribution in [2.45, 2.75) is 39.7 Å². The van der Waals surface area contributed by atoms with Crippen LogP contribution in [0.3, 0.4) is 0 Å². The van der Waals surface area contributed by atoms with E-state index in [0.717, 1.165) is 11.3 Å². The lowest BCUT2D eigenvalue weighted by atomic mass is 10.1. The van der Waals surface area contributed by atoms with Gasteiger partial charge < -0.3 is 15.4 Å². The predicted molar refractivity (Wildman–Crippen MR) is 82.2 cm³/mol. The van der Waals surface area contributed by atoms with Gasteiger partial charge in [-0.2, -0.15) is 0 Å². The maximum Gasteiger partial charge on any atom is 0.239 e. The minimum atomic E-state index is -0.295. The molecule has 0 aliphatic rings. The van der Waals surface area contributed by atoms with E-state index in [1.165, 1.54) is 0 Å². The van der Waals surface area contributed by atoms with Gasteiger partial charge in [0.2, 0.25) is 11.8 Å². The zero-order valence-corrected chi connectivity index (χ0v) is 13.2. The molecule has 2 N–H and O–H groups in total. The molecule has 1 rings (SSSR count). The number of ether oxygens (including phenoxy) is 1. The zero-order valence-electron chi connectivity index (χ0n) is 13.2. The summed E-state index contributed by atoms with van der Waals surface area (Å²) in [4.78, 5) is 23.4. The molecule has 1 aromatic rings. The van der Waals surface area contributed by atoms with Gasteiger partial charge in [0.15, 0.2) is 0 Å². The Morgan fingerprint density at radius 3 is 2.24 bits per heavy atom. The van der Waals surface area contributed by atoms with E-state index in [-0.39, 0.29) is 30.3 Å². The highest BCUT2D eigenvalue weighted by molar-refractivity contribution is 5.85. The van der Waals surface area contributed by atoms with E-state index in [2.05, 4.69) is 10.6 Å². The number of carbonyl (C=O) groups is 2. The molecule has 0 aliphatic carbocycles. The van der Waals surface area contributed by atoms with E-state index in [0.29, 0.717) is 6.61 Å². The highest BCUT2D eigenvalue weighted by Crippen LogP contribution is 2.12. The molecule has 0 unspecified atom stereocenters. The van der Waals surface area contributed by atoms with Crippen molar-refractivity contribution in [2.75, 3.05) is 13.2 Å². The molecule has 0 saturated heterocycles. The molecule has 0 atom stereocenters. The molecule has 116 valence electrons. The van der Waals surface area contributed by atoms with Crippen molar-refractivity contribution < 1.29 is 14.3 Å². The van der Waals surface area contributed by atoms with E-state index >= 15 is 0 Å². The summed E-state index contributed by atoms with van der Waals surface area (Å²) in [5.41, 5.74) is 0.587. The van der Waals surface area contributed by atoms with Gasteiger partial charge in [-0.25, -0.2) is 0 Å². The standard InChI is InChI=1S/C16H24N2O3/c1-5-21-13-8-6-12(7-9-13)10-14(19)17-11-15(20)18-16(2,3)4/h6-9H,5,10-11H2,1-4H3,(H,17,19)(H,18,20). The topological polar surface area (TPSA) is 67.4 Å². The van der Waals surface area contributed by atoms with E-state index < -0.39 is 0 Å². The third-order valence-corrected chi connectivity index (χ3v) is 2.56. The molecule has 0 spiro atoms. The zero-order chi connectivity index (χ0) is 15.9. The second-order valence-corrected chi connectivity index (χ2v) is 5.83. The van der Waals surface area contributed by atoms with Crippen LogP contribution in [0.1, 0.15) is 33.3 Å². The quantitative estimate of drug-likeness (QED) is 0.838. The van der Waals surface area contributed by atoms with Gasteiger partial charge >= 0.3 is 0 Å². The lowest BCUT2D eigenvalue weighted by Gasteiger charge is -2.20. The first-order chi connectivity index (χ1) is 9.80. The molecule has 0 aliphatic heterocycles. The molecular formula is C16H24N2O3. The molecule has 0 radical (unpaired) electrons. The summed E-state index contributed by atoms with van der Waals surface area (Å²) >= 11 is 0. The molecule has 5 nitrogen and oxygen atoms in total. The summed E-state index contributed by atoms with van der Waals surface area (Å²) in [5.74, 6) is 0.414. The van der Waals surface area contributed by atoms with Crippen molar-refractivity contribution in [1.29, 1.82) is 0 Å². The fourth-order valence-corrected chi connectivity index (χ4v) is 1.76. The largest absolute Gasteiger partial charge is 0.494 e. The number of carbonyl (C=O) groups excluding carboxylic acids is 2. The van der Waals surface area contributed by atoms with Crippen molar-refractivity contribution in [3.63, 3.8) is 0 Å². The average Bonchev–Trinajstić information content (AvgIpc) is 2.37. The molecule has 0 bridgehead atoms. The number of hydrogen-bond donors (Lipinski definition) is 2. The van der Waals surface area contributed by atoms with Crippen LogP contribution in [-0.4, -0.2) is 30.5 Å². The Morgan fingerprint density at radius 2 is 1.71 bits per heavy atom. The summed E-state index contributed by atoms with van der Waals surface area (Å²) in [5, 5.41) is 5.40. The normalized spacial score (nSPS) is 10.9. The second-order valence-electron chi connectivity index (χ2n) is 5.83. The minimum Gasteiger partial charge on any atom is -0.494 e. The van der Waals surface area contributed by atoms with Crippen molar-refractivity contribution >= 4 is 11.8 Å². The first-order valence-corrected chi connectivity index (χ1v) is 7.09. The van der Waals surface area contributed by atoms with Crippen LogP contribution in [0.5, 0.6) is 5.75 Å². The summed E-state index contributed by atoms with van der Waals surface area (Å²) in [7, 11) is 0. The summed E-state index contributed by atoms with van der Waals surface area (Å²) in [6.45, 7) is 8.21. The van der Waals surface area contributed by atoms with E-state index in [9.17, 15) is 9.59 Å². The lowest BCUT2D eigenvalue weighted by molar-refractivity contribution is -0.126. The number of amides is 2. The molecule has 0 saturated carbocycles. The Kier molecular flexibility index (Phi) is 6.21. The number of rotatable bonds is 6. The SMILES string of the molecule is CCOc1ccc(CC(=O)NCC(=O)NC(C)(C)C)cc1. The predicted octanol–water partition coefficient (Wildman–Crippen LogP) is 1.66. The summed E-state index contributed by atoms with van der Waals surface area (Å²) in [6, 6.07) is 7.36. The monoisotopic (exact) mass is 292 g/mol. The summed E-state index contributed by atoms with van der Waals surface area (Å²) in [6.07, 6.45) is 0.245. The average molecular weight is 292 g/mol. The van der Waals surface area contributed by atoms with Crippen molar-refractivity contribution in [1.82, 2.24) is 10.6 Å². The Morgan fingerprint density at radius 1 is 1.10 bits per heavy atom. The third-order valence-electron chi connectivity index (χ3n) is 2.56. The first-order valence-electron chi connectivity index (χ1n) is 7.09. The lowest BCUT2D eigenvalue weighted by Crippen LogP contribution is -2.46. The molecule has 0 aromatic heterocycles. The molecular weight excluding hydrogens is 268 g/mol. The maximum absolute atomic E-state index is 11.8. The second kappa shape index (κ2) is 7.67. The number of benzene rings is 1. The van der Waals surface area contributed by atoms with Gasteiger partial charge in [-0.15, -0.1) is 0 Å². The fraction of sp³-hybridized carbons (Fsp3) is 0.500. The number of nitrogens with one attached hydrogen (secondary N) is 2. The van der Waals surface area contributed by atoms with Gasteiger partial charge in [0.05, 0.1) is 19.6 Å². The van der Waals surface area contributed by atoms with Crippen molar-refractivity contribution in [3.8, 4) is 5.75 Å². The Hall–Kier alpha value is -2.04. The van der Waals surface area contributed by atoms with Crippen molar-refractivity contribution in [2.24, 2.45) is 0 Å². The third kappa shape index (κ3) is 7.34. The van der Waals surface area contributed by atoms with Crippen LogP contribution in [0.4, 0.5) is 0 Å². The van der Waals surface area contributed by atoms with Crippen molar-refractivity contribution in [3.05, 3.63) is 29.8 Å². The molecule has 0 heterocycles. The Labute approximate surface area is 126 Å². The molecule has 1 aromatic carbocycles. The maximum atomic E-state index is 11.8. The van der Waals surface area contributed by atoms with Crippen LogP contribution >= 0.6 is 0 Å². The van der Waals surface area contributed by atoms with Gasteiger partial charge in [0.25, 0.3) is 0 Å². The highest BCUT2D eigenvalue weighted by Gasteiger charge is 2.14. The minimum absolute atomic E-state index is 0.00681. The van der Waals surface area contributed by atoms with Gasteiger partial charge in [-0.05, 0) is 45.4 Å². The van der Waals surface area contributed by atoms with Crippen LogP contribution in [0.25, 0.3) is 0 Å². The molecule has 0 fully saturated rings. The van der Waals surface area contributed by atoms with Crippen LogP contribution in [0, 0.1) is 0 Å². The van der Waals surface area contributed by atoms with Crippen LogP contribution in [0.2, 0.25) is 0 Å². The van der Waals surface area contributed by atoms with Crippen LogP contribution < -0.4 is 15.4 Å². The smallest absolute Gasteiger partial charge is 0.239 e. The van der Waals surface area contributed by atoms with Gasteiger partial charge in [0.1, 0.15) is 5.75 Å². The van der Waals surface area contributed by atoms with Gasteiger partial charge in [-0.3, -0.25) is 9.59 Å². The van der Waals surface area contributed by atoms with E-state index in [1.54, 1.807) is 0 Å². The fourth-order valence-electron chi connectivity index (χ4n) is 1.76. The number of hydrogen-bond acceptors (Lipinski definition) is 3. The van der Waals surface area contributed by atoms with Crippen LogP contribution in [0.15, 0.2) is 24.3 Å². The highest BCUT2D eigenvalue weighted by atomic mass is 16.5. The van der Waals surface area contributed by atoms with Gasteiger partial charge in [0, 0.05) is 5.54 Å². The van der Waals surface area contributed by atoms with Crippen LogP contribution in [-0.2, 0) is 16.0 Å². The Balaban J connectivity index is 2.38. The van der Waals surface area contributed by atoms with E-state index in [1.807, 2.05) is 52.0 Å². The summed E-state index contributed by atoms with van der Waals surface area (Å²) < 4.78 is 5.34. The first kappa shape index (κ1) is 17.0. The van der Waals surface area contributed by atoms with E-state index in [4.69, 9.17) is 4.74 Å². The van der Waals surface area contributed by atoms with Gasteiger partial charge in [-0.1, -0.05) is 12.1 Å². The Bertz CT molecular complexity index is 475. The molecule has 21 heavy (non-hydrogen) atoms.